The van der Waals surface area contributed by atoms with Gasteiger partial charge in [-0.15, -0.1) is 0 Å². The number of anilines is 1. The number of nitrogens with zero attached hydrogens (tertiary/aromatic N) is 5. The summed E-state index contributed by atoms with van der Waals surface area (Å²) in [6.07, 6.45) is 8.34. The standard InChI is InChI=1S/C17H24ClN7/c1-2-20-17(22-8-11-24-10-7-19-13-24)23-14-5-9-25(12-14)16-15(18)4-3-6-21-16/h3-4,6-7,10,13-14H,2,5,8-9,11-12H2,1H3,(H2,20,22,23). The first-order valence-electron chi connectivity index (χ1n) is 8.62. The van der Waals surface area contributed by atoms with Crippen LogP contribution in [0, 0.1) is 0 Å². The van der Waals surface area contributed by atoms with Gasteiger partial charge in [-0.05, 0) is 25.5 Å². The van der Waals surface area contributed by atoms with Crippen LogP contribution in [0.2, 0.25) is 5.02 Å². The fourth-order valence-corrected chi connectivity index (χ4v) is 3.13. The van der Waals surface area contributed by atoms with E-state index in [-0.39, 0.29) is 0 Å². The molecule has 0 aliphatic carbocycles. The van der Waals surface area contributed by atoms with E-state index in [1.807, 2.05) is 22.9 Å². The molecule has 0 aromatic carbocycles. The Morgan fingerprint density at radius 3 is 3.12 bits per heavy atom. The molecular formula is C17H24ClN7. The van der Waals surface area contributed by atoms with Gasteiger partial charge in [0.2, 0.25) is 0 Å². The van der Waals surface area contributed by atoms with Crippen LogP contribution < -0.4 is 15.5 Å². The number of imidazole rings is 1. The maximum atomic E-state index is 6.26. The smallest absolute Gasteiger partial charge is 0.191 e. The van der Waals surface area contributed by atoms with Crippen LogP contribution in [0.3, 0.4) is 0 Å². The van der Waals surface area contributed by atoms with Gasteiger partial charge in [0, 0.05) is 50.8 Å². The van der Waals surface area contributed by atoms with Gasteiger partial charge in [0.1, 0.15) is 5.82 Å². The highest BCUT2D eigenvalue weighted by Crippen LogP contribution is 2.25. The molecule has 3 heterocycles. The van der Waals surface area contributed by atoms with Crippen molar-refractivity contribution >= 4 is 23.4 Å². The first-order valence-corrected chi connectivity index (χ1v) is 9.00. The van der Waals surface area contributed by atoms with Crippen molar-refractivity contribution in [3.63, 3.8) is 0 Å². The summed E-state index contributed by atoms with van der Waals surface area (Å²) in [4.78, 5) is 15.3. The molecule has 0 bridgehead atoms. The summed E-state index contributed by atoms with van der Waals surface area (Å²) in [5, 5.41) is 7.53. The number of guanidine groups is 1. The van der Waals surface area contributed by atoms with Crippen LogP contribution in [-0.4, -0.2) is 52.7 Å². The van der Waals surface area contributed by atoms with Gasteiger partial charge in [-0.25, -0.2) is 9.97 Å². The molecule has 1 atom stereocenters. The van der Waals surface area contributed by atoms with Crippen LogP contribution in [0.4, 0.5) is 5.82 Å². The van der Waals surface area contributed by atoms with Crippen LogP contribution in [0.5, 0.6) is 0 Å². The Labute approximate surface area is 153 Å². The molecule has 7 nitrogen and oxygen atoms in total. The number of pyridine rings is 1. The van der Waals surface area contributed by atoms with E-state index in [1.54, 1.807) is 18.7 Å². The van der Waals surface area contributed by atoms with Crippen LogP contribution in [0.25, 0.3) is 0 Å². The Kier molecular flexibility index (Phi) is 6.11. The number of halogens is 1. The van der Waals surface area contributed by atoms with E-state index in [2.05, 4.69) is 37.4 Å². The molecular weight excluding hydrogens is 338 g/mol. The second-order valence-electron chi connectivity index (χ2n) is 5.95. The third-order valence-corrected chi connectivity index (χ3v) is 4.39. The van der Waals surface area contributed by atoms with E-state index in [9.17, 15) is 0 Å². The SMILES string of the molecule is CCNC(=NCCn1ccnc1)NC1CCN(c2ncccc2Cl)C1. The minimum Gasteiger partial charge on any atom is -0.357 e. The summed E-state index contributed by atoms with van der Waals surface area (Å²) in [5.74, 6) is 1.71. The lowest BCUT2D eigenvalue weighted by atomic mass is 10.3. The number of aromatic nitrogens is 3. The fourth-order valence-electron chi connectivity index (χ4n) is 2.89. The minimum absolute atomic E-state index is 0.323. The zero-order valence-electron chi connectivity index (χ0n) is 14.4. The molecule has 2 aromatic rings. The molecule has 2 N–H and O–H groups in total. The molecule has 0 spiro atoms. The van der Waals surface area contributed by atoms with Gasteiger partial charge < -0.3 is 20.1 Å². The third-order valence-electron chi connectivity index (χ3n) is 4.10. The third kappa shape index (κ3) is 4.85. The predicted molar refractivity (Wildman–Crippen MR) is 101 cm³/mol. The van der Waals surface area contributed by atoms with E-state index in [1.165, 1.54) is 0 Å². The second kappa shape index (κ2) is 8.71. The summed E-state index contributed by atoms with van der Waals surface area (Å²) < 4.78 is 2.02. The number of hydrogen-bond donors (Lipinski definition) is 2. The number of aliphatic imine (C=N–C) groups is 1. The quantitative estimate of drug-likeness (QED) is 0.606. The average molecular weight is 362 g/mol. The van der Waals surface area contributed by atoms with Gasteiger partial charge in [-0.2, -0.15) is 0 Å². The van der Waals surface area contributed by atoms with Crippen molar-refractivity contribution in [1.82, 2.24) is 25.2 Å². The Bertz CT molecular complexity index is 686. The van der Waals surface area contributed by atoms with Gasteiger partial charge in [0.25, 0.3) is 0 Å². The molecule has 25 heavy (non-hydrogen) atoms. The van der Waals surface area contributed by atoms with Crippen LogP contribution in [0.15, 0.2) is 42.0 Å². The normalized spacial score (nSPS) is 17.8. The van der Waals surface area contributed by atoms with Gasteiger partial charge in [-0.3, -0.25) is 4.99 Å². The zero-order chi connectivity index (χ0) is 17.5. The summed E-state index contributed by atoms with van der Waals surface area (Å²) in [6.45, 7) is 6.22. The molecule has 0 saturated carbocycles. The van der Waals surface area contributed by atoms with Crippen molar-refractivity contribution in [3.8, 4) is 0 Å². The highest BCUT2D eigenvalue weighted by Gasteiger charge is 2.25. The molecule has 1 saturated heterocycles. The van der Waals surface area contributed by atoms with E-state index in [4.69, 9.17) is 11.6 Å². The summed E-state index contributed by atoms with van der Waals surface area (Å²) in [5.41, 5.74) is 0. The monoisotopic (exact) mass is 361 g/mol. The van der Waals surface area contributed by atoms with Gasteiger partial charge in [-0.1, -0.05) is 11.6 Å². The largest absolute Gasteiger partial charge is 0.357 e. The van der Waals surface area contributed by atoms with Crippen molar-refractivity contribution in [3.05, 3.63) is 42.1 Å². The van der Waals surface area contributed by atoms with Crippen LogP contribution in [0.1, 0.15) is 13.3 Å². The van der Waals surface area contributed by atoms with Crippen molar-refractivity contribution in [1.29, 1.82) is 0 Å². The Balaban J connectivity index is 1.54. The maximum absolute atomic E-state index is 6.26. The predicted octanol–water partition coefficient (Wildman–Crippen LogP) is 1.77. The summed E-state index contributed by atoms with van der Waals surface area (Å²) in [7, 11) is 0. The van der Waals surface area contributed by atoms with Crippen molar-refractivity contribution < 1.29 is 0 Å². The molecule has 3 rings (SSSR count). The van der Waals surface area contributed by atoms with Gasteiger partial charge in [0.05, 0.1) is 17.9 Å². The van der Waals surface area contributed by atoms with Crippen LogP contribution in [-0.2, 0) is 6.54 Å². The Morgan fingerprint density at radius 2 is 2.36 bits per heavy atom. The molecule has 0 amide bonds. The number of nitrogens with one attached hydrogen (secondary N) is 2. The lowest BCUT2D eigenvalue weighted by Gasteiger charge is -2.20. The van der Waals surface area contributed by atoms with Gasteiger partial charge >= 0.3 is 0 Å². The number of rotatable bonds is 6. The highest BCUT2D eigenvalue weighted by molar-refractivity contribution is 6.32. The molecule has 0 radical (unpaired) electrons. The molecule has 1 fully saturated rings. The van der Waals surface area contributed by atoms with E-state index < -0.39 is 0 Å². The topological polar surface area (TPSA) is 70.4 Å². The zero-order valence-corrected chi connectivity index (χ0v) is 15.2. The lowest BCUT2D eigenvalue weighted by molar-refractivity contribution is 0.641. The van der Waals surface area contributed by atoms with E-state index in [0.29, 0.717) is 17.6 Å². The number of hydrogen-bond acceptors (Lipinski definition) is 4. The maximum Gasteiger partial charge on any atom is 0.191 e. The Morgan fingerprint density at radius 1 is 1.44 bits per heavy atom. The Hall–Kier alpha value is -2.28. The minimum atomic E-state index is 0.323. The highest BCUT2D eigenvalue weighted by atomic mass is 35.5. The first kappa shape index (κ1) is 17.5. The molecule has 8 heteroatoms. The van der Waals surface area contributed by atoms with E-state index >= 15 is 0 Å². The second-order valence-corrected chi connectivity index (χ2v) is 6.35. The summed E-state index contributed by atoms with van der Waals surface area (Å²) in [6, 6.07) is 4.06. The van der Waals surface area contributed by atoms with Crippen LogP contribution >= 0.6 is 11.6 Å². The molecule has 1 aliphatic rings. The molecule has 2 aromatic heterocycles. The van der Waals surface area contributed by atoms with Crippen molar-refractivity contribution in [2.45, 2.75) is 25.9 Å². The molecule has 1 aliphatic heterocycles. The van der Waals surface area contributed by atoms with Crippen molar-refractivity contribution in [2.24, 2.45) is 4.99 Å². The average Bonchev–Trinajstić information content (AvgIpc) is 3.27. The van der Waals surface area contributed by atoms with Crippen molar-refractivity contribution in [2.75, 3.05) is 31.1 Å². The van der Waals surface area contributed by atoms with E-state index in [0.717, 1.165) is 44.4 Å². The van der Waals surface area contributed by atoms with Gasteiger partial charge in [0.15, 0.2) is 5.96 Å². The lowest BCUT2D eigenvalue weighted by Crippen LogP contribution is -2.44. The first-order chi connectivity index (χ1) is 12.3. The fraction of sp³-hybridized carbons (Fsp3) is 0.471. The molecule has 134 valence electrons. The molecule has 1 unspecified atom stereocenters. The summed E-state index contributed by atoms with van der Waals surface area (Å²) >= 11 is 6.26.